The zero-order valence-corrected chi connectivity index (χ0v) is 11.6. The molecule has 0 N–H and O–H groups in total. The smallest absolute Gasteiger partial charge is 0.139 e. The van der Waals surface area contributed by atoms with E-state index >= 15 is 0 Å². The van der Waals surface area contributed by atoms with E-state index < -0.39 is 0 Å². The molecular formula is C14H24N2. The summed E-state index contributed by atoms with van der Waals surface area (Å²) in [5, 5.41) is 1.22. The molecule has 0 fully saturated rings. The van der Waals surface area contributed by atoms with Crippen LogP contribution in [0.2, 0.25) is 0 Å². The maximum Gasteiger partial charge on any atom is 0.139 e. The van der Waals surface area contributed by atoms with E-state index in [-0.39, 0.29) is 0 Å². The molecule has 2 aromatic heterocycles. The summed E-state index contributed by atoms with van der Waals surface area (Å²) in [6.07, 6.45) is 2.04. The van der Waals surface area contributed by atoms with Crippen molar-refractivity contribution in [3.05, 3.63) is 29.6 Å². The topological polar surface area (TPSA) is 17.8 Å². The highest BCUT2D eigenvalue weighted by Crippen LogP contribution is 2.15. The van der Waals surface area contributed by atoms with E-state index in [4.69, 9.17) is 0 Å². The van der Waals surface area contributed by atoms with Gasteiger partial charge < -0.3 is 4.57 Å². The SMILES string of the molecule is CC.CC.Cc1cc2ccn(C)c2nc1C. The third-order valence-electron chi connectivity index (χ3n) is 2.29. The fourth-order valence-electron chi connectivity index (χ4n) is 1.38. The fraction of sp³-hybridized carbons (Fsp3) is 0.500. The average molecular weight is 220 g/mol. The average Bonchev–Trinajstić information content (AvgIpc) is 2.67. The lowest BCUT2D eigenvalue weighted by molar-refractivity contribution is 0.941. The minimum Gasteiger partial charge on any atom is -0.336 e. The van der Waals surface area contributed by atoms with E-state index in [9.17, 15) is 0 Å². The lowest BCUT2D eigenvalue weighted by Gasteiger charge is -2.00. The van der Waals surface area contributed by atoms with Crippen molar-refractivity contribution in [3.63, 3.8) is 0 Å². The van der Waals surface area contributed by atoms with Crippen LogP contribution in [0.25, 0.3) is 11.0 Å². The van der Waals surface area contributed by atoms with Crippen molar-refractivity contribution in [1.82, 2.24) is 9.55 Å². The normalized spacial score (nSPS) is 8.94. The number of aryl methyl sites for hydroxylation is 3. The van der Waals surface area contributed by atoms with E-state index in [2.05, 4.69) is 24.0 Å². The van der Waals surface area contributed by atoms with Crippen LogP contribution in [0.4, 0.5) is 0 Å². The Bertz CT molecular complexity index is 427. The van der Waals surface area contributed by atoms with Gasteiger partial charge >= 0.3 is 0 Å². The molecule has 2 heteroatoms. The molecular weight excluding hydrogens is 196 g/mol. The van der Waals surface area contributed by atoms with Crippen molar-refractivity contribution in [2.24, 2.45) is 7.05 Å². The van der Waals surface area contributed by atoms with Gasteiger partial charge in [-0.3, -0.25) is 0 Å². The summed E-state index contributed by atoms with van der Waals surface area (Å²) in [6.45, 7) is 12.1. The maximum absolute atomic E-state index is 4.50. The summed E-state index contributed by atoms with van der Waals surface area (Å²) in [5.74, 6) is 0. The molecule has 0 bridgehead atoms. The second-order valence-electron chi connectivity index (χ2n) is 3.23. The van der Waals surface area contributed by atoms with Crippen LogP contribution < -0.4 is 0 Å². The molecule has 0 aromatic carbocycles. The minimum absolute atomic E-state index is 1.07. The number of hydrogen-bond acceptors (Lipinski definition) is 1. The summed E-state index contributed by atoms with van der Waals surface area (Å²) < 4.78 is 2.04. The van der Waals surface area contributed by atoms with Crippen LogP contribution >= 0.6 is 0 Å². The van der Waals surface area contributed by atoms with Crippen molar-refractivity contribution >= 4 is 11.0 Å². The van der Waals surface area contributed by atoms with E-state index in [0.717, 1.165) is 11.3 Å². The quantitative estimate of drug-likeness (QED) is 0.649. The van der Waals surface area contributed by atoms with Crippen LogP contribution in [0.3, 0.4) is 0 Å². The van der Waals surface area contributed by atoms with Gasteiger partial charge in [0.25, 0.3) is 0 Å². The summed E-state index contributed by atoms with van der Waals surface area (Å²) in [5.41, 5.74) is 3.44. The Morgan fingerprint density at radius 2 is 1.62 bits per heavy atom. The largest absolute Gasteiger partial charge is 0.336 e. The van der Waals surface area contributed by atoms with Crippen molar-refractivity contribution < 1.29 is 0 Å². The van der Waals surface area contributed by atoms with Crippen molar-refractivity contribution in [2.45, 2.75) is 41.5 Å². The first-order valence-corrected chi connectivity index (χ1v) is 6.08. The Kier molecular flexibility index (Phi) is 6.47. The molecule has 16 heavy (non-hydrogen) atoms. The Morgan fingerprint density at radius 1 is 1.06 bits per heavy atom. The van der Waals surface area contributed by atoms with Crippen molar-refractivity contribution in [2.75, 3.05) is 0 Å². The summed E-state index contributed by atoms with van der Waals surface area (Å²) >= 11 is 0. The third kappa shape index (κ3) is 3.09. The highest BCUT2D eigenvalue weighted by atomic mass is 15.0. The van der Waals surface area contributed by atoms with Gasteiger partial charge in [0, 0.05) is 24.3 Å². The Morgan fingerprint density at radius 3 is 2.19 bits per heavy atom. The fourth-order valence-corrected chi connectivity index (χ4v) is 1.38. The second-order valence-corrected chi connectivity index (χ2v) is 3.23. The molecule has 0 aliphatic carbocycles. The first-order valence-electron chi connectivity index (χ1n) is 6.08. The zero-order valence-electron chi connectivity index (χ0n) is 11.6. The lowest BCUT2D eigenvalue weighted by Crippen LogP contribution is -1.91. The van der Waals surface area contributed by atoms with Crippen LogP contribution in [-0.4, -0.2) is 9.55 Å². The molecule has 0 radical (unpaired) electrons. The van der Waals surface area contributed by atoms with E-state index in [1.807, 2.05) is 52.4 Å². The van der Waals surface area contributed by atoms with Crippen molar-refractivity contribution in [3.8, 4) is 0 Å². The van der Waals surface area contributed by atoms with Gasteiger partial charge in [-0.05, 0) is 31.5 Å². The van der Waals surface area contributed by atoms with Gasteiger partial charge in [0.2, 0.25) is 0 Å². The molecule has 90 valence electrons. The van der Waals surface area contributed by atoms with Gasteiger partial charge in [-0.15, -0.1) is 0 Å². The van der Waals surface area contributed by atoms with Gasteiger partial charge in [0.1, 0.15) is 5.65 Å². The molecule has 2 nitrogen and oxygen atoms in total. The van der Waals surface area contributed by atoms with E-state index in [1.165, 1.54) is 10.9 Å². The van der Waals surface area contributed by atoms with Gasteiger partial charge in [-0.25, -0.2) is 4.98 Å². The second kappa shape index (κ2) is 7.04. The standard InChI is InChI=1S/C10H12N2.2C2H6/c1-7-6-9-4-5-12(3)10(9)11-8(7)2;2*1-2/h4-6H,1-3H3;2*1-2H3. The van der Waals surface area contributed by atoms with Crippen LogP contribution in [0.1, 0.15) is 39.0 Å². The molecule has 0 aliphatic rings. The number of pyridine rings is 1. The highest BCUT2D eigenvalue weighted by Gasteiger charge is 2.01. The Hall–Kier alpha value is -1.31. The molecule has 0 aliphatic heterocycles. The zero-order chi connectivity index (χ0) is 12.7. The molecule has 2 rings (SSSR count). The van der Waals surface area contributed by atoms with Gasteiger partial charge in [-0.1, -0.05) is 27.7 Å². The minimum atomic E-state index is 1.07. The first kappa shape index (κ1) is 14.7. The monoisotopic (exact) mass is 220 g/mol. The Labute approximate surface area is 99.3 Å². The Balaban J connectivity index is 0.000000509. The van der Waals surface area contributed by atoms with Crippen molar-refractivity contribution in [1.29, 1.82) is 0 Å². The summed E-state index contributed by atoms with van der Waals surface area (Å²) in [6, 6.07) is 4.27. The van der Waals surface area contributed by atoms with E-state index in [1.54, 1.807) is 0 Å². The first-order chi connectivity index (χ1) is 7.68. The maximum atomic E-state index is 4.50. The van der Waals surface area contributed by atoms with Crippen LogP contribution in [0.15, 0.2) is 18.3 Å². The van der Waals surface area contributed by atoms with Gasteiger partial charge in [0.15, 0.2) is 0 Å². The molecule has 0 unspecified atom stereocenters. The molecule has 0 saturated heterocycles. The molecule has 0 amide bonds. The number of rotatable bonds is 0. The lowest BCUT2D eigenvalue weighted by atomic mass is 10.2. The highest BCUT2D eigenvalue weighted by molar-refractivity contribution is 5.77. The predicted octanol–water partition coefficient (Wildman–Crippen LogP) is 4.24. The number of hydrogen-bond donors (Lipinski definition) is 0. The molecule has 0 saturated carbocycles. The molecule has 0 atom stereocenters. The molecule has 2 aromatic rings. The van der Waals surface area contributed by atoms with Crippen LogP contribution in [-0.2, 0) is 7.05 Å². The molecule has 2 heterocycles. The number of nitrogens with zero attached hydrogens (tertiary/aromatic N) is 2. The third-order valence-corrected chi connectivity index (χ3v) is 2.29. The number of aromatic nitrogens is 2. The van der Waals surface area contributed by atoms with Gasteiger partial charge in [0.05, 0.1) is 0 Å². The van der Waals surface area contributed by atoms with Gasteiger partial charge in [-0.2, -0.15) is 0 Å². The molecule has 0 spiro atoms. The summed E-state index contributed by atoms with van der Waals surface area (Å²) in [4.78, 5) is 4.50. The number of fused-ring (bicyclic) bond motifs is 1. The summed E-state index contributed by atoms with van der Waals surface area (Å²) in [7, 11) is 2.02. The van der Waals surface area contributed by atoms with E-state index in [0.29, 0.717) is 0 Å². The predicted molar refractivity (Wildman–Crippen MR) is 72.9 cm³/mol. The van der Waals surface area contributed by atoms with Crippen LogP contribution in [0.5, 0.6) is 0 Å². The van der Waals surface area contributed by atoms with Crippen LogP contribution in [0, 0.1) is 13.8 Å².